The lowest BCUT2D eigenvalue weighted by atomic mass is 9.81. The lowest BCUT2D eigenvalue weighted by molar-refractivity contribution is 0.0988. The van der Waals surface area contributed by atoms with Crippen LogP contribution in [0.1, 0.15) is 56.8 Å². The van der Waals surface area contributed by atoms with Gasteiger partial charge in [0.2, 0.25) is 0 Å². The molecule has 0 atom stereocenters. The van der Waals surface area contributed by atoms with Gasteiger partial charge in [0, 0.05) is 22.2 Å². The molecule has 0 saturated heterocycles. The Morgan fingerprint density at radius 1 is 0.659 bits per heavy atom. The Morgan fingerprint density at radius 3 is 1.83 bits per heavy atom. The van der Waals surface area contributed by atoms with Crippen LogP contribution < -0.4 is 4.90 Å². The monoisotopic (exact) mass is 533 g/mol. The van der Waals surface area contributed by atoms with E-state index in [9.17, 15) is 9.59 Å². The van der Waals surface area contributed by atoms with Gasteiger partial charge in [0.05, 0.1) is 16.9 Å². The Bertz CT molecular complexity index is 1960. The normalized spacial score (nSPS) is 16.7. The van der Waals surface area contributed by atoms with Gasteiger partial charge in [-0.3, -0.25) is 9.59 Å². The summed E-state index contributed by atoms with van der Waals surface area (Å²) in [4.78, 5) is 29.5. The van der Waals surface area contributed by atoms with Crippen LogP contribution >= 0.6 is 0 Å². The zero-order chi connectivity index (χ0) is 28.6. The van der Waals surface area contributed by atoms with Gasteiger partial charge in [-0.1, -0.05) is 86.1 Å². The highest BCUT2D eigenvalue weighted by molar-refractivity contribution is 6.40. The van der Waals surface area contributed by atoms with Gasteiger partial charge in [0.25, 0.3) is 0 Å². The fourth-order valence-corrected chi connectivity index (χ4v) is 7.01. The van der Waals surface area contributed by atoms with Crippen molar-refractivity contribution in [2.45, 2.75) is 40.0 Å². The molecule has 3 heteroatoms. The molecule has 41 heavy (non-hydrogen) atoms. The van der Waals surface area contributed by atoms with Crippen LogP contribution in [-0.2, 0) is 5.41 Å². The molecule has 3 nitrogen and oxygen atoms in total. The highest BCUT2D eigenvalue weighted by atomic mass is 16.2. The summed E-state index contributed by atoms with van der Waals surface area (Å²) in [5.74, 6) is -0.416. The molecule has 5 aromatic rings. The van der Waals surface area contributed by atoms with Crippen molar-refractivity contribution in [1.82, 2.24) is 0 Å². The Hall–Kier alpha value is -4.76. The minimum Gasteiger partial charge on any atom is -0.312 e. The van der Waals surface area contributed by atoms with Crippen LogP contribution in [0.5, 0.6) is 0 Å². The third-order valence-electron chi connectivity index (χ3n) is 8.79. The van der Waals surface area contributed by atoms with Gasteiger partial charge < -0.3 is 4.90 Å². The first-order chi connectivity index (χ1) is 19.7. The molecule has 1 aliphatic heterocycles. The van der Waals surface area contributed by atoms with Crippen LogP contribution in [0.3, 0.4) is 0 Å². The molecule has 0 unspecified atom stereocenters. The lowest BCUT2D eigenvalue weighted by Crippen LogP contribution is -2.24. The molecule has 5 aromatic carbocycles. The zero-order valence-electron chi connectivity index (χ0n) is 24.0. The Labute approximate surface area is 240 Å². The maximum Gasteiger partial charge on any atom is 0.197 e. The molecule has 0 radical (unpaired) electrons. The topological polar surface area (TPSA) is 37.4 Å². The van der Waals surface area contributed by atoms with E-state index in [1.165, 1.54) is 33.0 Å². The molecule has 1 heterocycles. The van der Waals surface area contributed by atoms with E-state index in [1.54, 1.807) is 6.08 Å². The van der Waals surface area contributed by atoms with E-state index in [1.807, 2.05) is 42.5 Å². The second-order valence-corrected chi connectivity index (χ2v) is 11.9. The smallest absolute Gasteiger partial charge is 0.197 e. The van der Waals surface area contributed by atoms with Crippen molar-refractivity contribution < 1.29 is 9.59 Å². The maximum atomic E-state index is 13.6. The van der Waals surface area contributed by atoms with Crippen molar-refractivity contribution in [3.05, 3.63) is 142 Å². The number of ketones is 2. The van der Waals surface area contributed by atoms with E-state index in [4.69, 9.17) is 0 Å². The number of hydrogen-bond donors (Lipinski definition) is 0. The number of carbonyl (C=O) groups is 2. The third-order valence-corrected chi connectivity index (χ3v) is 8.79. The minimum absolute atomic E-state index is 0.208. The number of Topliss-reactive ketones (excluding diaryl/α,β-unsaturated/α-hetero) is 2. The van der Waals surface area contributed by atoms with Crippen LogP contribution in [0.4, 0.5) is 11.4 Å². The van der Waals surface area contributed by atoms with Gasteiger partial charge in [0.15, 0.2) is 11.6 Å². The Balaban J connectivity index is 1.45. The molecule has 0 spiro atoms. The van der Waals surface area contributed by atoms with Crippen molar-refractivity contribution in [2.24, 2.45) is 0 Å². The lowest BCUT2D eigenvalue weighted by Gasteiger charge is -2.30. The van der Waals surface area contributed by atoms with Gasteiger partial charge in [0.1, 0.15) is 0 Å². The van der Waals surface area contributed by atoms with E-state index in [0.717, 1.165) is 27.8 Å². The van der Waals surface area contributed by atoms with Gasteiger partial charge in [-0.2, -0.15) is 0 Å². The number of allylic oxidation sites excluding steroid dienone is 4. The van der Waals surface area contributed by atoms with Gasteiger partial charge in [-0.25, -0.2) is 0 Å². The van der Waals surface area contributed by atoms with Crippen LogP contribution in [0.15, 0.2) is 108 Å². The van der Waals surface area contributed by atoms with Crippen molar-refractivity contribution in [3.8, 4) is 0 Å². The van der Waals surface area contributed by atoms with E-state index >= 15 is 0 Å². The summed E-state index contributed by atoms with van der Waals surface area (Å²) in [6.45, 7) is 10.9. The molecule has 0 N–H and O–H groups in total. The first-order valence-electron chi connectivity index (χ1n) is 14.1. The number of anilines is 2. The average Bonchev–Trinajstić information content (AvgIpc) is 3.31. The number of aryl methyl sites for hydroxylation is 3. The molecule has 200 valence electrons. The second-order valence-electron chi connectivity index (χ2n) is 11.9. The van der Waals surface area contributed by atoms with E-state index in [-0.39, 0.29) is 22.6 Å². The SMILES string of the molecule is Cc1cc(C)c(N2/C(=C/C=C3C(=O)c4cc5ccccc5cc4C3=O)C(C)(C)c3c2ccc2ccccc32)c(C)c1. The van der Waals surface area contributed by atoms with Crippen molar-refractivity contribution in [3.63, 3.8) is 0 Å². The van der Waals surface area contributed by atoms with Gasteiger partial charge >= 0.3 is 0 Å². The third kappa shape index (κ3) is 3.65. The quantitative estimate of drug-likeness (QED) is 0.168. The number of carbonyl (C=O) groups excluding carboxylic acids is 2. The number of fused-ring (bicyclic) bond motifs is 5. The van der Waals surface area contributed by atoms with Crippen molar-refractivity contribution in [1.29, 1.82) is 0 Å². The first-order valence-corrected chi connectivity index (χ1v) is 14.1. The first kappa shape index (κ1) is 25.2. The number of rotatable bonds is 2. The zero-order valence-corrected chi connectivity index (χ0v) is 24.0. The van der Waals surface area contributed by atoms with Crippen LogP contribution in [0, 0.1) is 20.8 Å². The summed E-state index contributed by atoms with van der Waals surface area (Å²) in [5.41, 5.74) is 8.95. The standard InChI is InChI=1S/C38H31NO2/c1-22-18-23(2)35(24(3)19-22)39-32-16-14-25-10-8-9-13-28(25)34(32)38(4,5)33(39)17-15-29-36(40)30-20-26-11-6-7-12-27(26)21-31(30)37(29)41/h6-21H,1-5H3/b33-17+. The summed E-state index contributed by atoms with van der Waals surface area (Å²) >= 11 is 0. The van der Waals surface area contributed by atoms with Gasteiger partial charge in [-0.05, 0) is 89.4 Å². The molecule has 1 aliphatic carbocycles. The minimum atomic E-state index is -0.386. The molecule has 0 saturated carbocycles. The van der Waals surface area contributed by atoms with E-state index < -0.39 is 0 Å². The highest BCUT2D eigenvalue weighted by Crippen LogP contribution is 2.55. The second kappa shape index (κ2) is 8.87. The van der Waals surface area contributed by atoms with Gasteiger partial charge in [-0.15, -0.1) is 0 Å². The number of nitrogens with zero attached hydrogens (tertiary/aromatic N) is 1. The number of benzene rings is 5. The number of hydrogen-bond acceptors (Lipinski definition) is 3. The van der Waals surface area contributed by atoms with Crippen LogP contribution in [0.2, 0.25) is 0 Å². The molecular weight excluding hydrogens is 502 g/mol. The molecule has 2 aliphatic rings. The predicted molar refractivity (Wildman–Crippen MR) is 169 cm³/mol. The molecule has 7 rings (SSSR count). The summed E-state index contributed by atoms with van der Waals surface area (Å²) in [5, 5.41) is 4.33. The fraction of sp³-hybridized carbons (Fsp3) is 0.158. The molecule has 0 bridgehead atoms. The Kier molecular flexibility index (Phi) is 5.46. The van der Waals surface area contributed by atoms with Crippen LogP contribution in [-0.4, -0.2) is 11.6 Å². The molecular formula is C38H31NO2. The van der Waals surface area contributed by atoms with E-state index in [2.05, 4.69) is 88.0 Å². The van der Waals surface area contributed by atoms with Crippen molar-refractivity contribution in [2.75, 3.05) is 4.90 Å². The molecule has 0 aromatic heterocycles. The average molecular weight is 534 g/mol. The van der Waals surface area contributed by atoms with E-state index in [0.29, 0.717) is 11.1 Å². The molecule has 0 amide bonds. The Morgan fingerprint density at radius 2 is 1.22 bits per heavy atom. The van der Waals surface area contributed by atoms with Crippen LogP contribution in [0.25, 0.3) is 21.5 Å². The fourth-order valence-electron chi connectivity index (χ4n) is 7.01. The van der Waals surface area contributed by atoms with Crippen molar-refractivity contribution >= 4 is 44.5 Å². The maximum absolute atomic E-state index is 13.6. The predicted octanol–water partition coefficient (Wildman–Crippen LogP) is 9.24. The highest BCUT2D eigenvalue weighted by Gasteiger charge is 2.43. The summed E-state index contributed by atoms with van der Waals surface area (Å²) in [6.07, 6.45) is 3.76. The summed E-state index contributed by atoms with van der Waals surface area (Å²) < 4.78 is 0. The summed E-state index contributed by atoms with van der Waals surface area (Å²) in [7, 11) is 0. The summed E-state index contributed by atoms with van der Waals surface area (Å²) in [6, 6.07) is 28.9. The molecule has 0 fully saturated rings. The largest absolute Gasteiger partial charge is 0.312 e.